The monoisotopic (exact) mass is 343 g/mol. The number of esters is 1. The fraction of sp³-hybridized carbons (Fsp3) is 0.333. The highest BCUT2D eigenvalue weighted by Gasteiger charge is 2.15. The topological polar surface area (TPSA) is 90.3 Å². The number of carbonyl (C=O) groups is 2. The van der Waals surface area contributed by atoms with Gasteiger partial charge >= 0.3 is 5.97 Å². The Kier molecular flexibility index (Phi) is 5.69. The number of hydrogen-bond donors (Lipinski definition) is 1. The van der Waals surface area contributed by atoms with E-state index < -0.39 is 18.5 Å². The average molecular weight is 343 g/mol. The Bertz CT molecular complexity index is 856. The molecule has 0 saturated heterocycles. The summed E-state index contributed by atoms with van der Waals surface area (Å²) in [6.07, 6.45) is 0. The van der Waals surface area contributed by atoms with Crippen LogP contribution in [0.25, 0.3) is 0 Å². The van der Waals surface area contributed by atoms with Gasteiger partial charge < -0.3 is 10.1 Å². The molecule has 0 aliphatic rings. The summed E-state index contributed by atoms with van der Waals surface area (Å²) in [4.78, 5) is 35.3. The Morgan fingerprint density at radius 2 is 1.96 bits per heavy atom. The number of aromatic nitrogens is 2. The van der Waals surface area contributed by atoms with Crippen LogP contribution in [0.3, 0.4) is 0 Å². The molecule has 7 heteroatoms. The molecule has 132 valence electrons. The first-order chi connectivity index (χ1) is 11.8. The molecule has 1 N–H and O–H groups in total. The molecule has 0 saturated carbocycles. The number of ether oxygens (including phenoxy) is 1. The molecular formula is C18H21N3O4. The molecule has 1 amide bonds. The zero-order chi connectivity index (χ0) is 18.6. The van der Waals surface area contributed by atoms with Crippen molar-refractivity contribution < 1.29 is 14.3 Å². The van der Waals surface area contributed by atoms with Gasteiger partial charge in [0.1, 0.15) is 0 Å². The third-order valence-corrected chi connectivity index (χ3v) is 3.70. The highest BCUT2D eigenvalue weighted by molar-refractivity contribution is 5.95. The second-order valence-electron chi connectivity index (χ2n) is 6.00. The normalized spacial score (nSPS) is 10.6. The lowest BCUT2D eigenvalue weighted by atomic mass is 9.98. The summed E-state index contributed by atoms with van der Waals surface area (Å²) in [5.41, 5.74) is 2.31. The molecule has 0 bridgehead atoms. The van der Waals surface area contributed by atoms with Crippen LogP contribution in [0.4, 0.5) is 5.69 Å². The molecule has 0 radical (unpaired) electrons. The summed E-state index contributed by atoms with van der Waals surface area (Å²) >= 11 is 0. The Labute approximate surface area is 145 Å². The standard InChI is InChI=1S/C18H21N3O4/c1-11(2)13-7-5-6-12(3)17(13)19-15(22)10-25-18(24)14-8-9-16(23)21(4)20-14/h5-9,11H,10H2,1-4H3,(H,19,22). The molecule has 1 aromatic carbocycles. The first-order valence-electron chi connectivity index (χ1n) is 7.90. The van der Waals surface area contributed by atoms with Gasteiger partial charge in [-0.3, -0.25) is 9.59 Å². The number of nitrogens with zero attached hydrogens (tertiary/aromatic N) is 2. The Hall–Kier alpha value is -2.96. The van der Waals surface area contributed by atoms with E-state index in [2.05, 4.69) is 10.4 Å². The van der Waals surface area contributed by atoms with Crippen LogP contribution in [-0.4, -0.2) is 28.3 Å². The van der Waals surface area contributed by atoms with Crippen LogP contribution < -0.4 is 10.9 Å². The molecule has 0 aliphatic heterocycles. The third-order valence-electron chi connectivity index (χ3n) is 3.70. The van der Waals surface area contributed by atoms with Gasteiger partial charge in [0.2, 0.25) is 0 Å². The summed E-state index contributed by atoms with van der Waals surface area (Å²) in [5, 5.41) is 6.58. The number of carbonyl (C=O) groups excluding carboxylic acids is 2. The van der Waals surface area contributed by atoms with Crippen LogP contribution in [0.1, 0.15) is 41.4 Å². The van der Waals surface area contributed by atoms with E-state index >= 15 is 0 Å². The number of anilines is 1. The minimum absolute atomic E-state index is 0.0336. The molecule has 0 fully saturated rings. The van der Waals surface area contributed by atoms with Crippen molar-refractivity contribution in [2.24, 2.45) is 7.05 Å². The number of rotatable bonds is 5. The SMILES string of the molecule is Cc1cccc(C(C)C)c1NC(=O)COC(=O)c1ccc(=O)n(C)n1. The molecule has 0 unspecified atom stereocenters. The first kappa shape index (κ1) is 18.4. The maximum atomic E-state index is 12.1. The van der Waals surface area contributed by atoms with Crippen molar-refractivity contribution in [3.63, 3.8) is 0 Å². The van der Waals surface area contributed by atoms with E-state index in [1.165, 1.54) is 19.2 Å². The van der Waals surface area contributed by atoms with Gasteiger partial charge in [0, 0.05) is 18.8 Å². The van der Waals surface area contributed by atoms with Gasteiger partial charge in [0.05, 0.1) is 0 Å². The maximum absolute atomic E-state index is 12.1. The number of benzene rings is 1. The van der Waals surface area contributed by atoms with E-state index in [1.54, 1.807) is 0 Å². The molecule has 0 aliphatic carbocycles. The van der Waals surface area contributed by atoms with Crippen LogP contribution in [0.2, 0.25) is 0 Å². The first-order valence-corrected chi connectivity index (χ1v) is 7.90. The van der Waals surface area contributed by atoms with Gasteiger partial charge in [-0.2, -0.15) is 5.10 Å². The second kappa shape index (κ2) is 7.74. The molecule has 25 heavy (non-hydrogen) atoms. The van der Waals surface area contributed by atoms with Gasteiger partial charge in [-0.1, -0.05) is 32.0 Å². The van der Waals surface area contributed by atoms with Gasteiger partial charge in [0.15, 0.2) is 12.3 Å². The highest BCUT2D eigenvalue weighted by Crippen LogP contribution is 2.27. The van der Waals surface area contributed by atoms with Crippen LogP contribution >= 0.6 is 0 Å². The van der Waals surface area contributed by atoms with Crippen LogP contribution in [-0.2, 0) is 16.6 Å². The number of hydrogen-bond acceptors (Lipinski definition) is 5. The smallest absolute Gasteiger partial charge is 0.359 e. The summed E-state index contributed by atoms with van der Waals surface area (Å²) in [6.45, 7) is 5.54. The zero-order valence-electron chi connectivity index (χ0n) is 14.7. The predicted octanol–water partition coefficient (Wildman–Crippen LogP) is 2.01. The summed E-state index contributed by atoms with van der Waals surface area (Å²) in [5.74, 6) is -0.957. The molecule has 1 heterocycles. The van der Waals surface area contributed by atoms with Gasteiger partial charge in [-0.15, -0.1) is 0 Å². The maximum Gasteiger partial charge on any atom is 0.359 e. The predicted molar refractivity (Wildman–Crippen MR) is 93.7 cm³/mol. The molecule has 2 rings (SSSR count). The minimum atomic E-state index is -0.764. The van der Waals surface area contributed by atoms with E-state index in [4.69, 9.17) is 4.74 Å². The largest absolute Gasteiger partial charge is 0.451 e. The van der Waals surface area contributed by atoms with Gasteiger partial charge in [0.25, 0.3) is 11.5 Å². The molecule has 2 aromatic rings. The lowest BCUT2D eigenvalue weighted by molar-refractivity contribution is -0.119. The van der Waals surface area contributed by atoms with Crippen LogP contribution in [0.5, 0.6) is 0 Å². The van der Waals surface area contributed by atoms with E-state index in [9.17, 15) is 14.4 Å². The highest BCUT2D eigenvalue weighted by atomic mass is 16.5. The Morgan fingerprint density at radius 3 is 2.60 bits per heavy atom. The number of aryl methyl sites for hydroxylation is 2. The van der Waals surface area contributed by atoms with Crippen molar-refractivity contribution in [3.8, 4) is 0 Å². The summed E-state index contributed by atoms with van der Waals surface area (Å²) in [6, 6.07) is 8.27. The van der Waals surface area contributed by atoms with Crippen LogP contribution in [0.15, 0.2) is 35.1 Å². The van der Waals surface area contributed by atoms with Gasteiger partial charge in [-0.25, -0.2) is 9.48 Å². The fourth-order valence-corrected chi connectivity index (χ4v) is 2.33. The molecular weight excluding hydrogens is 322 g/mol. The summed E-state index contributed by atoms with van der Waals surface area (Å²) in [7, 11) is 1.43. The second-order valence-corrected chi connectivity index (χ2v) is 6.00. The molecule has 7 nitrogen and oxygen atoms in total. The van der Waals surface area contributed by atoms with E-state index in [0.717, 1.165) is 21.5 Å². The van der Waals surface area contributed by atoms with Gasteiger partial charge in [-0.05, 0) is 30.0 Å². The zero-order valence-corrected chi connectivity index (χ0v) is 14.7. The fourth-order valence-electron chi connectivity index (χ4n) is 2.33. The number of nitrogens with one attached hydrogen (secondary N) is 1. The molecule has 1 aromatic heterocycles. The van der Waals surface area contributed by atoms with Crippen molar-refractivity contribution in [3.05, 3.63) is 57.5 Å². The number of para-hydroxylation sites is 1. The molecule has 0 atom stereocenters. The lowest BCUT2D eigenvalue weighted by Crippen LogP contribution is -2.25. The summed E-state index contributed by atoms with van der Waals surface area (Å²) < 4.78 is 6.00. The average Bonchev–Trinajstić information content (AvgIpc) is 2.56. The van der Waals surface area contributed by atoms with Crippen molar-refractivity contribution in [2.75, 3.05) is 11.9 Å². The molecule has 0 spiro atoms. The van der Waals surface area contributed by atoms with Crippen molar-refractivity contribution >= 4 is 17.6 Å². The van der Waals surface area contributed by atoms with Crippen molar-refractivity contribution in [1.82, 2.24) is 9.78 Å². The van der Waals surface area contributed by atoms with E-state index in [-0.39, 0.29) is 17.2 Å². The van der Waals surface area contributed by atoms with E-state index in [1.807, 2.05) is 39.0 Å². The lowest BCUT2D eigenvalue weighted by Gasteiger charge is -2.16. The Balaban J connectivity index is 2.03. The van der Waals surface area contributed by atoms with E-state index in [0.29, 0.717) is 0 Å². The quantitative estimate of drug-likeness (QED) is 0.839. The minimum Gasteiger partial charge on any atom is -0.451 e. The van der Waals surface area contributed by atoms with Crippen molar-refractivity contribution in [2.45, 2.75) is 26.7 Å². The Morgan fingerprint density at radius 1 is 1.24 bits per heavy atom. The van der Waals surface area contributed by atoms with Crippen LogP contribution in [0, 0.1) is 6.92 Å². The third kappa shape index (κ3) is 4.53. The number of amides is 1. The van der Waals surface area contributed by atoms with Crippen molar-refractivity contribution in [1.29, 1.82) is 0 Å².